The predicted molar refractivity (Wildman–Crippen MR) is 113 cm³/mol. The molecule has 0 saturated carbocycles. The van der Waals surface area contributed by atoms with E-state index in [2.05, 4.69) is 51.0 Å². The number of imidazole rings is 1. The fraction of sp³-hybridized carbons (Fsp3) is 0.111. The molecule has 0 aliphatic heterocycles. The van der Waals surface area contributed by atoms with Gasteiger partial charge in [0.05, 0.1) is 17.9 Å². The van der Waals surface area contributed by atoms with Gasteiger partial charge in [-0.05, 0) is 30.3 Å². The first-order valence-corrected chi connectivity index (χ1v) is 9.56. The van der Waals surface area contributed by atoms with E-state index in [9.17, 15) is 0 Å². The van der Waals surface area contributed by atoms with E-state index in [1.54, 1.807) is 16.9 Å². The number of nitrogens with two attached hydrogens (primary N) is 1. The number of halogens is 1. The molecule has 13 heteroatoms. The van der Waals surface area contributed by atoms with Gasteiger partial charge in [0.1, 0.15) is 29.2 Å². The summed E-state index contributed by atoms with van der Waals surface area (Å²) in [6, 6.07) is 7.24. The van der Waals surface area contributed by atoms with Crippen LogP contribution in [0.5, 0.6) is 0 Å². The third-order valence-corrected chi connectivity index (χ3v) is 4.91. The Labute approximate surface area is 179 Å². The predicted octanol–water partition coefficient (Wildman–Crippen LogP) is 2.17. The lowest BCUT2D eigenvalue weighted by molar-refractivity contribution is 0.838. The van der Waals surface area contributed by atoms with E-state index in [4.69, 9.17) is 17.3 Å². The molecule has 0 amide bonds. The summed E-state index contributed by atoms with van der Waals surface area (Å²) in [5.74, 6) is 0.964. The van der Waals surface area contributed by atoms with Gasteiger partial charge in [-0.3, -0.25) is 4.98 Å². The highest BCUT2D eigenvalue weighted by atomic mass is 35.5. The van der Waals surface area contributed by atoms with Gasteiger partial charge >= 0.3 is 0 Å². The van der Waals surface area contributed by atoms with Crippen LogP contribution in [0, 0.1) is 0 Å². The topological polar surface area (TPSA) is 161 Å². The van der Waals surface area contributed by atoms with Gasteiger partial charge < -0.3 is 11.1 Å². The molecule has 5 rings (SSSR count). The number of rotatable bonds is 5. The molecule has 4 N–H and O–H groups in total. The third-order valence-electron chi connectivity index (χ3n) is 4.65. The Kier molecular flexibility index (Phi) is 4.59. The van der Waals surface area contributed by atoms with Gasteiger partial charge in [-0.1, -0.05) is 17.7 Å². The number of pyridine rings is 1. The standard InChI is InChI=1S/C18H15ClN12/c1-9(25-17-14(16(20)23-8-24-17)18-26-29-30-27-18)10-6-13-22-7-12(19)31(13)28-15(10)11-4-2-3-5-21-11/h2-9H,1H3,(H3,20,23,24,25)(H,26,27,29,30). The fourth-order valence-corrected chi connectivity index (χ4v) is 3.39. The Balaban J connectivity index is 1.61. The van der Waals surface area contributed by atoms with Crippen molar-refractivity contribution in [3.63, 3.8) is 0 Å². The van der Waals surface area contributed by atoms with Crippen LogP contribution in [0.15, 0.2) is 43.0 Å². The highest BCUT2D eigenvalue weighted by Crippen LogP contribution is 2.33. The fourth-order valence-electron chi connectivity index (χ4n) is 3.21. The molecule has 5 heterocycles. The lowest BCUT2D eigenvalue weighted by Gasteiger charge is -2.19. The zero-order valence-electron chi connectivity index (χ0n) is 16.1. The SMILES string of the molecule is CC(Nc1ncnc(N)c1-c1nn[nH]n1)c1cc2ncc(Cl)n2nc1-c1ccccn1. The number of nitrogens with one attached hydrogen (secondary N) is 2. The Morgan fingerprint density at radius 2 is 2.10 bits per heavy atom. The molecular formula is C18H15ClN12. The first-order chi connectivity index (χ1) is 15.1. The molecule has 0 spiro atoms. The van der Waals surface area contributed by atoms with E-state index in [1.165, 1.54) is 6.33 Å². The maximum Gasteiger partial charge on any atom is 0.212 e. The zero-order chi connectivity index (χ0) is 21.4. The van der Waals surface area contributed by atoms with Crippen molar-refractivity contribution in [2.45, 2.75) is 13.0 Å². The molecule has 0 bridgehead atoms. The Morgan fingerprint density at radius 1 is 1.19 bits per heavy atom. The molecule has 31 heavy (non-hydrogen) atoms. The summed E-state index contributed by atoms with van der Waals surface area (Å²) in [6.45, 7) is 1.96. The van der Waals surface area contributed by atoms with Crippen LogP contribution in [0.4, 0.5) is 11.6 Å². The molecule has 12 nitrogen and oxygen atoms in total. The summed E-state index contributed by atoms with van der Waals surface area (Å²) in [4.78, 5) is 17.1. The number of aromatic nitrogens is 10. The number of nitrogens with zero attached hydrogens (tertiary/aromatic N) is 9. The molecule has 0 fully saturated rings. The number of nitrogen functional groups attached to an aromatic ring is 1. The van der Waals surface area contributed by atoms with E-state index in [1.807, 2.05) is 31.2 Å². The summed E-state index contributed by atoms with van der Waals surface area (Å²) in [6.07, 6.45) is 4.62. The summed E-state index contributed by atoms with van der Waals surface area (Å²) in [7, 11) is 0. The highest BCUT2D eigenvalue weighted by Gasteiger charge is 2.22. The highest BCUT2D eigenvalue weighted by molar-refractivity contribution is 6.29. The van der Waals surface area contributed by atoms with E-state index in [0.29, 0.717) is 33.6 Å². The molecule has 1 atom stereocenters. The van der Waals surface area contributed by atoms with Gasteiger partial charge in [-0.2, -0.15) is 10.3 Å². The minimum atomic E-state index is -0.273. The Bertz CT molecular complexity index is 1350. The smallest absolute Gasteiger partial charge is 0.212 e. The van der Waals surface area contributed by atoms with Crippen LogP contribution < -0.4 is 11.1 Å². The van der Waals surface area contributed by atoms with Gasteiger partial charge in [0.25, 0.3) is 0 Å². The first kappa shape index (κ1) is 18.8. The van der Waals surface area contributed by atoms with Crippen molar-refractivity contribution >= 4 is 28.9 Å². The first-order valence-electron chi connectivity index (χ1n) is 9.18. The maximum atomic E-state index is 6.24. The average Bonchev–Trinajstić information content (AvgIpc) is 3.44. The zero-order valence-corrected chi connectivity index (χ0v) is 16.9. The number of hydrogen-bond acceptors (Lipinski definition) is 10. The molecule has 0 saturated heterocycles. The van der Waals surface area contributed by atoms with Crippen LogP contribution in [-0.4, -0.2) is 50.2 Å². The van der Waals surface area contributed by atoms with E-state index in [-0.39, 0.29) is 17.7 Å². The largest absolute Gasteiger partial charge is 0.383 e. The van der Waals surface area contributed by atoms with Gasteiger partial charge in [-0.15, -0.1) is 10.2 Å². The molecule has 0 aromatic carbocycles. The number of fused-ring (bicyclic) bond motifs is 1. The minimum absolute atomic E-state index is 0.227. The van der Waals surface area contributed by atoms with Crippen LogP contribution in [0.1, 0.15) is 18.5 Å². The second-order valence-corrected chi connectivity index (χ2v) is 6.99. The molecule has 1 unspecified atom stereocenters. The van der Waals surface area contributed by atoms with Crippen molar-refractivity contribution < 1.29 is 0 Å². The van der Waals surface area contributed by atoms with Crippen molar-refractivity contribution in [1.82, 2.24) is 50.2 Å². The van der Waals surface area contributed by atoms with Crippen LogP contribution in [0.3, 0.4) is 0 Å². The molecule has 5 aromatic rings. The molecule has 0 aliphatic carbocycles. The van der Waals surface area contributed by atoms with Gasteiger partial charge in [0.15, 0.2) is 10.8 Å². The van der Waals surface area contributed by atoms with Gasteiger partial charge in [-0.25, -0.2) is 19.5 Å². The summed E-state index contributed by atoms with van der Waals surface area (Å²) >= 11 is 6.24. The monoisotopic (exact) mass is 434 g/mol. The number of hydrogen-bond donors (Lipinski definition) is 3. The number of anilines is 2. The summed E-state index contributed by atoms with van der Waals surface area (Å²) in [5.41, 5.74) is 9.29. The molecule has 154 valence electrons. The van der Waals surface area contributed by atoms with Crippen molar-refractivity contribution in [2.75, 3.05) is 11.1 Å². The van der Waals surface area contributed by atoms with Crippen LogP contribution in [0.2, 0.25) is 5.15 Å². The molecular weight excluding hydrogens is 420 g/mol. The second-order valence-electron chi connectivity index (χ2n) is 6.60. The Hall–Kier alpha value is -4.19. The van der Waals surface area contributed by atoms with Crippen LogP contribution >= 0.6 is 11.6 Å². The maximum absolute atomic E-state index is 6.24. The van der Waals surface area contributed by atoms with E-state index < -0.39 is 0 Å². The molecule has 5 aromatic heterocycles. The van der Waals surface area contributed by atoms with E-state index >= 15 is 0 Å². The van der Waals surface area contributed by atoms with Crippen molar-refractivity contribution in [3.05, 3.63) is 53.7 Å². The number of aromatic amines is 1. The second kappa shape index (κ2) is 7.57. The van der Waals surface area contributed by atoms with Crippen molar-refractivity contribution in [2.24, 2.45) is 0 Å². The van der Waals surface area contributed by atoms with Gasteiger partial charge in [0.2, 0.25) is 5.82 Å². The molecule has 0 radical (unpaired) electrons. The van der Waals surface area contributed by atoms with Crippen LogP contribution in [-0.2, 0) is 0 Å². The van der Waals surface area contributed by atoms with Crippen molar-refractivity contribution in [3.8, 4) is 22.8 Å². The Morgan fingerprint density at radius 3 is 2.87 bits per heavy atom. The average molecular weight is 435 g/mol. The number of tetrazole rings is 1. The van der Waals surface area contributed by atoms with Crippen LogP contribution in [0.25, 0.3) is 28.4 Å². The minimum Gasteiger partial charge on any atom is -0.383 e. The lowest BCUT2D eigenvalue weighted by atomic mass is 10.0. The molecule has 0 aliphatic rings. The van der Waals surface area contributed by atoms with Crippen molar-refractivity contribution in [1.29, 1.82) is 0 Å². The quantitative estimate of drug-likeness (QED) is 0.373. The van der Waals surface area contributed by atoms with E-state index in [0.717, 1.165) is 5.56 Å². The van der Waals surface area contributed by atoms with Gasteiger partial charge in [0, 0.05) is 11.8 Å². The third kappa shape index (κ3) is 3.38. The lowest BCUT2D eigenvalue weighted by Crippen LogP contribution is -2.14. The number of H-pyrrole nitrogens is 1. The normalized spacial score (nSPS) is 12.2. The summed E-state index contributed by atoms with van der Waals surface area (Å²) in [5, 5.41) is 22.4. The summed E-state index contributed by atoms with van der Waals surface area (Å²) < 4.78 is 1.56.